The van der Waals surface area contributed by atoms with Crippen LogP contribution in [0.4, 0.5) is 0 Å². The molecule has 2 aliphatic rings. The molecule has 0 spiro atoms. The first-order valence-corrected chi connectivity index (χ1v) is 7.81. The molecule has 1 heterocycles. The van der Waals surface area contributed by atoms with E-state index in [-0.39, 0.29) is 11.9 Å². The van der Waals surface area contributed by atoms with Gasteiger partial charge in [0.15, 0.2) is 5.76 Å². The van der Waals surface area contributed by atoms with Crippen molar-refractivity contribution in [3.8, 4) is 0 Å². The van der Waals surface area contributed by atoms with Gasteiger partial charge in [-0.05, 0) is 49.7 Å². The van der Waals surface area contributed by atoms with Crippen molar-refractivity contribution in [2.75, 3.05) is 7.11 Å². The molecule has 2 atom stereocenters. The van der Waals surface area contributed by atoms with Crippen molar-refractivity contribution in [3.63, 3.8) is 0 Å². The zero-order valence-electron chi connectivity index (χ0n) is 12.5. The summed E-state index contributed by atoms with van der Waals surface area (Å²) in [6, 6.07) is 4.05. The van der Waals surface area contributed by atoms with E-state index in [0.717, 1.165) is 12.8 Å². The molecule has 1 aromatic rings. The summed E-state index contributed by atoms with van der Waals surface area (Å²) in [6.45, 7) is 0.386. The van der Waals surface area contributed by atoms with E-state index in [1.807, 2.05) is 0 Å². The Morgan fingerprint density at radius 2 is 2.10 bits per heavy atom. The highest BCUT2D eigenvalue weighted by atomic mass is 16.5. The number of methoxy groups -OCH3 is 1. The summed E-state index contributed by atoms with van der Waals surface area (Å²) in [5.41, 5.74) is 6.12. The van der Waals surface area contributed by atoms with Crippen LogP contribution in [0.1, 0.15) is 48.4 Å². The van der Waals surface area contributed by atoms with Gasteiger partial charge in [0.05, 0.1) is 0 Å². The first-order valence-electron chi connectivity index (χ1n) is 7.81. The van der Waals surface area contributed by atoms with Crippen LogP contribution >= 0.6 is 0 Å². The second-order valence-corrected chi connectivity index (χ2v) is 6.38. The highest BCUT2D eigenvalue weighted by Gasteiger charge is 2.40. The van der Waals surface area contributed by atoms with Gasteiger partial charge in [-0.15, -0.1) is 0 Å². The number of fused-ring (bicyclic) bond motifs is 2. The molecule has 116 valence electrons. The summed E-state index contributed by atoms with van der Waals surface area (Å²) in [4.78, 5) is 12.4. The third kappa shape index (κ3) is 3.14. The number of rotatable bonds is 4. The van der Waals surface area contributed by atoms with Gasteiger partial charge in [-0.3, -0.25) is 4.79 Å². The van der Waals surface area contributed by atoms with Gasteiger partial charge >= 0.3 is 0 Å². The minimum atomic E-state index is -0.116. The van der Waals surface area contributed by atoms with Crippen molar-refractivity contribution in [2.45, 2.75) is 50.8 Å². The highest BCUT2D eigenvalue weighted by molar-refractivity contribution is 5.91. The van der Waals surface area contributed by atoms with Crippen LogP contribution in [-0.2, 0) is 11.3 Å². The van der Waals surface area contributed by atoms with Gasteiger partial charge < -0.3 is 20.2 Å². The molecule has 5 nitrogen and oxygen atoms in total. The number of nitrogens with two attached hydrogens (primary N) is 1. The van der Waals surface area contributed by atoms with Crippen molar-refractivity contribution in [2.24, 2.45) is 17.6 Å². The number of carbonyl (C=O) groups is 1. The van der Waals surface area contributed by atoms with Crippen LogP contribution in [-0.4, -0.2) is 25.1 Å². The Kier molecular flexibility index (Phi) is 4.31. The van der Waals surface area contributed by atoms with Gasteiger partial charge in [0.2, 0.25) is 0 Å². The van der Waals surface area contributed by atoms with E-state index in [1.54, 1.807) is 19.2 Å². The lowest BCUT2D eigenvalue weighted by Crippen LogP contribution is -2.53. The third-order valence-corrected chi connectivity index (χ3v) is 4.85. The number of furan rings is 1. The molecule has 2 aliphatic carbocycles. The molecule has 2 bridgehead atoms. The Morgan fingerprint density at radius 1 is 1.38 bits per heavy atom. The fourth-order valence-corrected chi connectivity index (χ4v) is 3.97. The Balaban J connectivity index is 1.66. The second-order valence-electron chi connectivity index (χ2n) is 6.38. The summed E-state index contributed by atoms with van der Waals surface area (Å²) >= 11 is 0. The van der Waals surface area contributed by atoms with Crippen LogP contribution < -0.4 is 11.1 Å². The summed E-state index contributed by atoms with van der Waals surface area (Å²) in [5, 5.41) is 3.18. The van der Waals surface area contributed by atoms with E-state index >= 15 is 0 Å². The Morgan fingerprint density at radius 3 is 2.76 bits per heavy atom. The number of nitrogens with one attached hydrogen (secondary N) is 1. The zero-order chi connectivity index (χ0) is 14.8. The molecule has 2 fully saturated rings. The fourth-order valence-electron chi connectivity index (χ4n) is 3.97. The molecule has 0 aromatic carbocycles. The van der Waals surface area contributed by atoms with Crippen molar-refractivity contribution in [3.05, 3.63) is 23.7 Å². The Labute approximate surface area is 125 Å². The van der Waals surface area contributed by atoms with Crippen molar-refractivity contribution >= 4 is 5.91 Å². The average Bonchev–Trinajstić information content (AvgIpc) is 2.89. The number of amides is 1. The van der Waals surface area contributed by atoms with Gasteiger partial charge in [-0.25, -0.2) is 0 Å². The number of hydrogen-bond donors (Lipinski definition) is 2. The van der Waals surface area contributed by atoms with Gasteiger partial charge in [0, 0.05) is 19.2 Å². The maximum absolute atomic E-state index is 12.4. The van der Waals surface area contributed by atoms with Crippen LogP contribution in [0, 0.1) is 11.8 Å². The summed E-state index contributed by atoms with van der Waals surface area (Å²) < 4.78 is 10.5. The Hall–Kier alpha value is -1.33. The van der Waals surface area contributed by atoms with Crippen molar-refractivity contribution in [1.29, 1.82) is 0 Å². The Bertz CT molecular complexity index is 485. The van der Waals surface area contributed by atoms with Gasteiger partial charge in [-0.2, -0.15) is 0 Å². The van der Waals surface area contributed by atoms with Gasteiger partial charge in [0.25, 0.3) is 5.91 Å². The average molecular weight is 292 g/mol. The van der Waals surface area contributed by atoms with Gasteiger partial charge in [-0.1, -0.05) is 6.42 Å². The first kappa shape index (κ1) is 14.6. The minimum Gasteiger partial charge on any atom is -0.453 e. The van der Waals surface area contributed by atoms with E-state index < -0.39 is 0 Å². The van der Waals surface area contributed by atoms with E-state index in [2.05, 4.69) is 5.32 Å². The summed E-state index contributed by atoms with van der Waals surface area (Å²) in [6.07, 6.45) is 5.64. The molecule has 21 heavy (non-hydrogen) atoms. The SMILES string of the molecule is COCc1ccc(C(=O)NC2C3CCCC2CC(N)C3)o1. The van der Waals surface area contributed by atoms with Crippen LogP contribution in [0.2, 0.25) is 0 Å². The van der Waals surface area contributed by atoms with Crippen molar-refractivity contribution < 1.29 is 13.9 Å². The molecule has 5 heteroatoms. The standard InChI is InChI=1S/C16H24N2O3/c1-20-9-13-5-6-14(21-13)16(19)18-15-10-3-2-4-11(15)8-12(17)7-10/h5-6,10-12,15H,2-4,7-9,17H2,1H3,(H,18,19). The molecule has 0 aliphatic heterocycles. The van der Waals surface area contributed by atoms with E-state index in [9.17, 15) is 4.79 Å². The normalized spacial score (nSPS) is 31.9. The maximum Gasteiger partial charge on any atom is 0.287 e. The minimum absolute atomic E-state index is 0.116. The molecule has 3 rings (SSSR count). The lowest BCUT2D eigenvalue weighted by molar-refractivity contribution is 0.0726. The molecule has 2 unspecified atom stereocenters. The van der Waals surface area contributed by atoms with Crippen LogP contribution in [0.15, 0.2) is 16.5 Å². The van der Waals surface area contributed by atoms with Crippen LogP contribution in [0.25, 0.3) is 0 Å². The largest absolute Gasteiger partial charge is 0.453 e. The highest BCUT2D eigenvalue weighted by Crippen LogP contribution is 2.39. The molecule has 3 N–H and O–H groups in total. The molecule has 2 saturated carbocycles. The molecule has 1 aromatic heterocycles. The van der Waals surface area contributed by atoms with E-state index in [1.165, 1.54) is 19.3 Å². The smallest absolute Gasteiger partial charge is 0.287 e. The first-order chi connectivity index (χ1) is 10.2. The number of ether oxygens (including phenoxy) is 1. The zero-order valence-corrected chi connectivity index (χ0v) is 12.5. The topological polar surface area (TPSA) is 77.5 Å². The maximum atomic E-state index is 12.4. The molecular formula is C16H24N2O3. The summed E-state index contributed by atoms with van der Waals surface area (Å²) in [7, 11) is 1.61. The number of hydrogen-bond acceptors (Lipinski definition) is 4. The van der Waals surface area contributed by atoms with Crippen LogP contribution in [0.5, 0.6) is 0 Å². The quantitative estimate of drug-likeness (QED) is 0.890. The number of carbonyl (C=O) groups excluding carboxylic acids is 1. The molecule has 1 amide bonds. The van der Waals surface area contributed by atoms with Crippen LogP contribution in [0.3, 0.4) is 0 Å². The monoisotopic (exact) mass is 292 g/mol. The molecule has 0 radical (unpaired) electrons. The van der Waals surface area contributed by atoms with Crippen molar-refractivity contribution in [1.82, 2.24) is 5.32 Å². The lowest BCUT2D eigenvalue weighted by Gasteiger charge is -2.45. The predicted molar refractivity (Wildman–Crippen MR) is 78.7 cm³/mol. The van der Waals surface area contributed by atoms with E-state index in [4.69, 9.17) is 14.9 Å². The van der Waals surface area contributed by atoms with E-state index in [0.29, 0.717) is 36.0 Å². The third-order valence-electron chi connectivity index (χ3n) is 4.85. The lowest BCUT2D eigenvalue weighted by atomic mass is 9.67. The predicted octanol–water partition coefficient (Wildman–Crippen LogP) is 2.06. The molecule has 0 saturated heterocycles. The fraction of sp³-hybridized carbons (Fsp3) is 0.688. The summed E-state index contributed by atoms with van der Waals surface area (Å²) in [5.74, 6) is 1.97. The van der Waals surface area contributed by atoms with Gasteiger partial charge in [0.1, 0.15) is 12.4 Å². The molecular weight excluding hydrogens is 268 g/mol. The second kappa shape index (κ2) is 6.20.